The number of hydrogen-bond acceptors (Lipinski definition) is 4. The smallest absolute Gasteiger partial charge is 0.241 e. The molecule has 0 aromatic heterocycles. The highest BCUT2D eigenvalue weighted by atomic mass is 127. The Balaban J connectivity index is 0.00000420. The van der Waals surface area contributed by atoms with Crippen molar-refractivity contribution in [2.24, 2.45) is 10.9 Å². The van der Waals surface area contributed by atoms with E-state index >= 15 is 0 Å². The summed E-state index contributed by atoms with van der Waals surface area (Å²) in [4.78, 5) is 18.0. The highest BCUT2D eigenvalue weighted by molar-refractivity contribution is 14.0. The van der Waals surface area contributed by atoms with Crippen molar-refractivity contribution >= 4 is 35.8 Å². The fourth-order valence-electron chi connectivity index (χ4n) is 2.79. The molecule has 0 bridgehead atoms. The number of nitrogens with zero attached hydrogens (tertiary/aromatic N) is 2. The Morgan fingerprint density at radius 3 is 2.62 bits per heavy atom. The van der Waals surface area contributed by atoms with Gasteiger partial charge in [0.25, 0.3) is 0 Å². The van der Waals surface area contributed by atoms with Crippen LogP contribution in [0.25, 0.3) is 0 Å². The van der Waals surface area contributed by atoms with Crippen molar-refractivity contribution in [3.05, 3.63) is 35.9 Å². The number of carbonyl (C=O) groups excluding carboxylic acids is 1. The standard InChI is InChI=1S/C21H34N4O3.HI/c1-25(2)20(26)16-24-21(23-15-18-7-4-3-5-8-18)22-11-6-12-28-17-19-9-13-27-14-10-19;/h3-5,7-8,19H,6,9-17H2,1-2H3,(H2,22,23,24);1H. The lowest BCUT2D eigenvalue weighted by atomic mass is 10.0. The minimum absolute atomic E-state index is 0. The number of carbonyl (C=O) groups is 1. The van der Waals surface area contributed by atoms with Crippen LogP contribution in [0, 0.1) is 5.92 Å². The topological polar surface area (TPSA) is 75.2 Å². The van der Waals surface area contributed by atoms with E-state index in [1.807, 2.05) is 30.3 Å². The molecule has 1 fully saturated rings. The predicted octanol–water partition coefficient (Wildman–Crippen LogP) is 2.26. The fourth-order valence-corrected chi connectivity index (χ4v) is 2.79. The van der Waals surface area contributed by atoms with Gasteiger partial charge in [-0.25, -0.2) is 4.99 Å². The second-order valence-electron chi connectivity index (χ2n) is 7.20. The Morgan fingerprint density at radius 1 is 1.21 bits per heavy atom. The number of ether oxygens (including phenoxy) is 2. The van der Waals surface area contributed by atoms with Gasteiger partial charge in [-0.2, -0.15) is 0 Å². The van der Waals surface area contributed by atoms with E-state index in [-0.39, 0.29) is 36.4 Å². The summed E-state index contributed by atoms with van der Waals surface area (Å²) >= 11 is 0. The average molecular weight is 518 g/mol. The Kier molecular flexibility index (Phi) is 13.7. The van der Waals surface area contributed by atoms with Crippen molar-refractivity contribution in [2.45, 2.75) is 25.8 Å². The molecular weight excluding hydrogens is 483 g/mol. The lowest BCUT2D eigenvalue weighted by molar-refractivity contribution is -0.127. The molecule has 1 aliphatic rings. The summed E-state index contributed by atoms with van der Waals surface area (Å²) in [5.41, 5.74) is 1.13. The zero-order valence-electron chi connectivity index (χ0n) is 17.6. The molecule has 0 unspecified atom stereocenters. The quantitative estimate of drug-likeness (QED) is 0.215. The lowest BCUT2D eigenvalue weighted by Crippen LogP contribution is -2.43. The summed E-state index contributed by atoms with van der Waals surface area (Å²) in [6.45, 7) is 4.76. The van der Waals surface area contributed by atoms with Crippen LogP contribution in [0.2, 0.25) is 0 Å². The largest absolute Gasteiger partial charge is 0.381 e. The molecule has 1 heterocycles. The van der Waals surface area contributed by atoms with E-state index in [9.17, 15) is 4.79 Å². The SMILES string of the molecule is CN(C)C(=O)CNC(=NCc1ccccc1)NCCCOCC1CCOCC1.I. The number of nitrogens with one attached hydrogen (secondary N) is 2. The molecule has 1 aromatic rings. The molecule has 2 rings (SSSR count). The molecule has 1 amide bonds. The maximum atomic E-state index is 11.8. The van der Waals surface area contributed by atoms with E-state index in [0.29, 0.717) is 25.0 Å². The van der Waals surface area contributed by atoms with Crippen molar-refractivity contribution in [3.63, 3.8) is 0 Å². The third-order valence-electron chi connectivity index (χ3n) is 4.62. The summed E-state index contributed by atoms with van der Waals surface area (Å²) in [6, 6.07) is 10.1. The van der Waals surface area contributed by atoms with E-state index in [0.717, 1.165) is 51.2 Å². The van der Waals surface area contributed by atoms with Crippen molar-refractivity contribution in [3.8, 4) is 0 Å². The molecule has 8 heteroatoms. The zero-order chi connectivity index (χ0) is 20.0. The fraction of sp³-hybridized carbons (Fsp3) is 0.619. The second-order valence-corrected chi connectivity index (χ2v) is 7.20. The van der Waals surface area contributed by atoms with Gasteiger partial charge in [-0.3, -0.25) is 4.79 Å². The third-order valence-corrected chi connectivity index (χ3v) is 4.62. The minimum atomic E-state index is 0. The van der Waals surface area contributed by atoms with Gasteiger partial charge in [-0.15, -0.1) is 24.0 Å². The van der Waals surface area contributed by atoms with Crippen LogP contribution >= 0.6 is 24.0 Å². The number of guanidine groups is 1. The molecule has 2 N–H and O–H groups in total. The highest BCUT2D eigenvalue weighted by Crippen LogP contribution is 2.14. The number of rotatable bonds is 10. The van der Waals surface area contributed by atoms with E-state index in [4.69, 9.17) is 9.47 Å². The Morgan fingerprint density at radius 2 is 1.93 bits per heavy atom. The number of aliphatic imine (C=N–C) groups is 1. The van der Waals surface area contributed by atoms with Gasteiger partial charge in [0, 0.05) is 47.1 Å². The van der Waals surface area contributed by atoms with Crippen molar-refractivity contribution < 1.29 is 14.3 Å². The van der Waals surface area contributed by atoms with Crippen LogP contribution in [0.15, 0.2) is 35.3 Å². The first-order valence-corrected chi connectivity index (χ1v) is 10.1. The van der Waals surface area contributed by atoms with Gasteiger partial charge >= 0.3 is 0 Å². The van der Waals surface area contributed by atoms with Gasteiger partial charge in [0.2, 0.25) is 5.91 Å². The summed E-state index contributed by atoms with van der Waals surface area (Å²) in [5.74, 6) is 1.28. The molecule has 0 spiro atoms. The van der Waals surface area contributed by atoms with Crippen molar-refractivity contribution in [2.75, 3.05) is 53.6 Å². The Labute approximate surface area is 191 Å². The van der Waals surface area contributed by atoms with Gasteiger partial charge in [-0.1, -0.05) is 30.3 Å². The first-order valence-electron chi connectivity index (χ1n) is 10.1. The van der Waals surface area contributed by atoms with Crippen LogP contribution in [0.4, 0.5) is 0 Å². The van der Waals surface area contributed by atoms with Crippen LogP contribution in [0.5, 0.6) is 0 Å². The van der Waals surface area contributed by atoms with Crippen molar-refractivity contribution in [1.82, 2.24) is 15.5 Å². The highest BCUT2D eigenvalue weighted by Gasteiger charge is 2.13. The van der Waals surface area contributed by atoms with Crippen LogP contribution < -0.4 is 10.6 Å². The van der Waals surface area contributed by atoms with Crippen molar-refractivity contribution in [1.29, 1.82) is 0 Å². The number of halogens is 1. The maximum Gasteiger partial charge on any atom is 0.241 e. The molecule has 1 aromatic carbocycles. The van der Waals surface area contributed by atoms with Gasteiger partial charge in [0.1, 0.15) is 0 Å². The maximum absolute atomic E-state index is 11.8. The summed E-state index contributed by atoms with van der Waals surface area (Å²) in [7, 11) is 3.49. The summed E-state index contributed by atoms with van der Waals surface area (Å²) in [6.07, 6.45) is 3.08. The molecule has 0 aliphatic carbocycles. The zero-order valence-corrected chi connectivity index (χ0v) is 19.9. The van der Waals surface area contributed by atoms with Gasteiger partial charge in [0.15, 0.2) is 5.96 Å². The lowest BCUT2D eigenvalue weighted by Gasteiger charge is -2.21. The molecule has 7 nitrogen and oxygen atoms in total. The average Bonchev–Trinajstić information content (AvgIpc) is 2.73. The van der Waals surface area contributed by atoms with Crippen LogP contribution in [-0.2, 0) is 20.8 Å². The van der Waals surface area contributed by atoms with Gasteiger partial charge in [-0.05, 0) is 30.7 Å². The summed E-state index contributed by atoms with van der Waals surface area (Å²) < 4.78 is 11.2. The molecule has 29 heavy (non-hydrogen) atoms. The first-order chi connectivity index (χ1) is 13.6. The molecule has 0 radical (unpaired) electrons. The van der Waals surface area contributed by atoms with Gasteiger partial charge in [0.05, 0.1) is 13.1 Å². The van der Waals surface area contributed by atoms with E-state index in [1.54, 1.807) is 19.0 Å². The van der Waals surface area contributed by atoms with Crippen LogP contribution in [-0.4, -0.2) is 70.4 Å². The molecule has 1 aliphatic heterocycles. The van der Waals surface area contributed by atoms with Crippen LogP contribution in [0.3, 0.4) is 0 Å². The monoisotopic (exact) mass is 518 g/mol. The molecule has 1 saturated heterocycles. The molecule has 164 valence electrons. The molecule has 0 saturated carbocycles. The first kappa shape index (κ1) is 25.6. The van der Waals surface area contributed by atoms with Gasteiger partial charge < -0.3 is 25.0 Å². The predicted molar refractivity (Wildman–Crippen MR) is 127 cm³/mol. The number of benzene rings is 1. The Hall–Kier alpha value is -1.39. The van der Waals surface area contributed by atoms with Crippen LogP contribution in [0.1, 0.15) is 24.8 Å². The normalized spacial score (nSPS) is 14.8. The number of likely N-dealkylation sites (N-methyl/N-ethyl adjacent to an activating group) is 1. The summed E-state index contributed by atoms with van der Waals surface area (Å²) in [5, 5.41) is 6.40. The number of hydrogen-bond donors (Lipinski definition) is 2. The minimum Gasteiger partial charge on any atom is -0.381 e. The molecule has 0 atom stereocenters. The molecular formula is C21H35IN4O3. The third kappa shape index (κ3) is 11.4. The second kappa shape index (κ2) is 15.4. The van der Waals surface area contributed by atoms with E-state index in [2.05, 4.69) is 15.6 Å². The van der Waals surface area contributed by atoms with E-state index in [1.165, 1.54) is 0 Å². The van der Waals surface area contributed by atoms with E-state index < -0.39 is 0 Å². The number of amides is 1. The Bertz CT molecular complexity index is 593.